The molecule has 0 atom stereocenters. The van der Waals surface area contributed by atoms with Crippen LogP contribution in [0.3, 0.4) is 0 Å². The molecule has 0 fully saturated rings. The van der Waals surface area contributed by atoms with Crippen LogP contribution in [0.2, 0.25) is 0 Å². The topological polar surface area (TPSA) is 77.8 Å². The lowest BCUT2D eigenvalue weighted by atomic mass is 10.3. The van der Waals surface area contributed by atoms with Gasteiger partial charge in [0.05, 0.1) is 5.75 Å². The Bertz CT molecular complexity index is 748. The van der Waals surface area contributed by atoms with Crippen LogP contribution in [0.25, 0.3) is 11.5 Å². The zero-order valence-corrected chi connectivity index (χ0v) is 13.3. The molecule has 7 heteroatoms. The maximum Gasteiger partial charge on any atom is 0.237 e. The Morgan fingerprint density at radius 1 is 1.24 bits per heavy atom. The molecule has 106 valence electrons. The van der Waals surface area contributed by atoms with Crippen molar-refractivity contribution in [2.45, 2.75) is 10.6 Å². The molecule has 1 aromatic carbocycles. The third kappa shape index (κ3) is 3.43. The molecule has 21 heavy (non-hydrogen) atoms. The van der Waals surface area contributed by atoms with Gasteiger partial charge in [0.2, 0.25) is 11.7 Å². The molecule has 0 bridgehead atoms. The third-order valence-electron chi connectivity index (χ3n) is 2.67. The molecule has 0 unspecified atom stereocenters. The molecule has 0 saturated heterocycles. The third-order valence-corrected chi connectivity index (χ3v) is 4.65. The number of benzene rings is 1. The average molecular weight is 363 g/mol. The zero-order valence-electron chi connectivity index (χ0n) is 10.9. The SMILES string of the molecule is Nc1ccc(SCc2nc(-c3ccccn3)no2)c(Br)c1. The molecule has 0 saturated carbocycles. The average Bonchev–Trinajstić information content (AvgIpc) is 2.96. The van der Waals surface area contributed by atoms with Crippen LogP contribution in [-0.4, -0.2) is 15.1 Å². The molecule has 0 aliphatic rings. The zero-order chi connectivity index (χ0) is 14.7. The summed E-state index contributed by atoms with van der Waals surface area (Å²) in [5, 5.41) is 3.94. The minimum Gasteiger partial charge on any atom is -0.399 e. The van der Waals surface area contributed by atoms with Crippen LogP contribution in [0.5, 0.6) is 0 Å². The Kier molecular flexibility index (Phi) is 4.21. The monoisotopic (exact) mass is 362 g/mol. The summed E-state index contributed by atoms with van der Waals surface area (Å²) in [5.41, 5.74) is 7.14. The van der Waals surface area contributed by atoms with Gasteiger partial charge in [0, 0.05) is 21.3 Å². The molecule has 0 aliphatic heterocycles. The lowest BCUT2D eigenvalue weighted by Crippen LogP contribution is -1.87. The van der Waals surface area contributed by atoms with E-state index in [1.165, 1.54) is 0 Å². The van der Waals surface area contributed by atoms with Gasteiger partial charge in [-0.1, -0.05) is 11.2 Å². The van der Waals surface area contributed by atoms with E-state index in [0.29, 0.717) is 23.2 Å². The first-order valence-electron chi connectivity index (χ1n) is 6.14. The number of rotatable bonds is 4. The number of anilines is 1. The van der Waals surface area contributed by atoms with E-state index in [2.05, 4.69) is 31.1 Å². The fourth-order valence-electron chi connectivity index (χ4n) is 1.69. The molecule has 0 spiro atoms. The maximum absolute atomic E-state index is 5.72. The molecular weight excluding hydrogens is 352 g/mol. The van der Waals surface area contributed by atoms with Gasteiger partial charge in [-0.25, -0.2) is 0 Å². The summed E-state index contributed by atoms with van der Waals surface area (Å²) in [5.74, 6) is 1.65. The Balaban J connectivity index is 1.70. The summed E-state index contributed by atoms with van der Waals surface area (Å²) < 4.78 is 6.20. The van der Waals surface area contributed by atoms with E-state index in [-0.39, 0.29) is 0 Å². The fraction of sp³-hybridized carbons (Fsp3) is 0.0714. The highest BCUT2D eigenvalue weighted by Gasteiger charge is 2.10. The highest BCUT2D eigenvalue weighted by atomic mass is 79.9. The number of nitrogens with two attached hydrogens (primary N) is 1. The second kappa shape index (κ2) is 6.28. The summed E-state index contributed by atoms with van der Waals surface area (Å²) in [7, 11) is 0. The first-order chi connectivity index (χ1) is 10.2. The normalized spacial score (nSPS) is 10.7. The molecule has 0 radical (unpaired) electrons. The van der Waals surface area contributed by atoms with Gasteiger partial charge in [0.1, 0.15) is 5.69 Å². The van der Waals surface area contributed by atoms with Crippen molar-refractivity contribution in [3.63, 3.8) is 0 Å². The van der Waals surface area contributed by atoms with E-state index in [9.17, 15) is 0 Å². The number of nitrogen functional groups attached to an aromatic ring is 1. The van der Waals surface area contributed by atoms with Gasteiger partial charge in [0.15, 0.2) is 0 Å². The smallest absolute Gasteiger partial charge is 0.237 e. The Morgan fingerprint density at radius 3 is 2.90 bits per heavy atom. The molecule has 2 N–H and O–H groups in total. The van der Waals surface area contributed by atoms with Gasteiger partial charge in [-0.05, 0) is 46.3 Å². The molecule has 2 aromatic heterocycles. The highest BCUT2D eigenvalue weighted by Crippen LogP contribution is 2.31. The fourth-order valence-corrected chi connectivity index (χ4v) is 3.18. The number of nitrogens with zero attached hydrogens (tertiary/aromatic N) is 3. The largest absolute Gasteiger partial charge is 0.399 e. The van der Waals surface area contributed by atoms with E-state index in [0.717, 1.165) is 15.1 Å². The molecule has 0 amide bonds. The van der Waals surface area contributed by atoms with Gasteiger partial charge < -0.3 is 10.3 Å². The van der Waals surface area contributed by atoms with Gasteiger partial charge in [-0.15, -0.1) is 11.8 Å². The minimum absolute atomic E-state index is 0.502. The van der Waals surface area contributed by atoms with Gasteiger partial charge in [-0.3, -0.25) is 4.98 Å². The molecule has 2 heterocycles. The lowest BCUT2D eigenvalue weighted by molar-refractivity contribution is 0.391. The summed E-state index contributed by atoms with van der Waals surface area (Å²) in [6.07, 6.45) is 1.70. The first kappa shape index (κ1) is 14.1. The number of hydrogen-bond acceptors (Lipinski definition) is 6. The second-order valence-electron chi connectivity index (χ2n) is 4.21. The van der Waals surface area contributed by atoms with E-state index in [1.54, 1.807) is 18.0 Å². The van der Waals surface area contributed by atoms with Crippen LogP contribution in [0.4, 0.5) is 5.69 Å². The van der Waals surface area contributed by atoms with E-state index < -0.39 is 0 Å². The van der Waals surface area contributed by atoms with Gasteiger partial charge >= 0.3 is 0 Å². The Morgan fingerprint density at radius 2 is 2.14 bits per heavy atom. The van der Waals surface area contributed by atoms with Crippen molar-refractivity contribution in [3.05, 3.63) is 53.0 Å². The van der Waals surface area contributed by atoms with Crippen LogP contribution < -0.4 is 5.73 Å². The molecule has 5 nitrogen and oxygen atoms in total. The quantitative estimate of drug-likeness (QED) is 0.562. The lowest BCUT2D eigenvalue weighted by Gasteiger charge is -2.02. The minimum atomic E-state index is 0.502. The van der Waals surface area contributed by atoms with E-state index in [4.69, 9.17) is 10.3 Å². The van der Waals surface area contributed by atoms with Crippen molar-refractivity contribution in [3.8, 4) is 11.5 Å². The number of hydrogen-bond donors (Lipinski definition) is 1. The molecule has 3 aromatic rings. The van der Waals surface area contributed by atoms with Crippen molar-refractivity contribution in [1.82, 2.24) is 15.1 Å². The van der Waals surface area contributed by atoms with Gasteiger partial charge in [0.25, 0.3) is 0 Å². The first-order valence-corrected chi connectivity index (χ1v) is 7.92. The Labute approximate surface area is 134 Å². The van der Waals surface area contributed by atoms with Crippen LogP contribution in [0.15, 0.2) is 56.5 Å². The van der Waals surface area contributed by atoms with Crippen LogP contribution >= 0.6 is 27.7 Å². The maximum atomic E-state index is 5.72. The van der Waals surface area contributed by atoms with Crippen LogP contribution in [0.1, 0.15) is 5.89 Å². The summed E-state index contributed by atoms with van der Waals surface area (Å²) in [6.45, 7) is 0. The van der Waals surface area contributed by atoms with Crippen molar-refractivity contribution in [2.24, 2.45) is 0 Å². The highest BCUT2D eigenvalue weighted by molar-refractivity contribution is 9.10. The molecule has 0 aliphatic carbocycles. The predicted octanol–water partition coefficient (Wildman–Crippen LogP) is 3.77. The van der Waals surface area contributed by atoms with Crippen molar-refractivity contribution >= 4 is 33.4 Å². The molecular formula is C14H11BrN4OS. The standard InChI is InChI=1S/C14H11BrN4OS/c15-10-7-9(16)4-5-12(10)21-8-13-18-14(19-20-13)11-3-1-2-6-17-11/h1-7H,8,16H2. The van der Waals surface area contributed by atoms with E-state index >= 15 is 0 Å². The number of aromatic nitrogens is 3. The van der Waals surface area contributed by atoms with Crippen molar-refractivity contribution < 1.29 is 4.52 Å². The summed E-state index contributed by atoms with van der Waals surface area (Å²) in [4.78, 5) is 9.60. The van der Waals surface area contributed by atoms with Crippen molar-refractivity contribution in [2.75, 3.05) is 5.73 Å². The number of halogens is 1. The predicted molar refractivity (Wildman–Crippen MR) is 85.6 cm³/mol. The number of thioether (sulfide) groups is 1. The van der Waals surface area contributed by atoms with E-state index in [1.807, 2.05) is 36.4 Å². The number of pyridine rings is 1. The van der Waals surface area contributed by atoms with Crippen LogP contribution in [0, 0.1) is 0 Å². The summed E-state index contributed by atoms with van der Waals surface area (Å²) in [6, 6.07) is 11.3. The molecule has 3 rings (SSSR count). The van der Waals surface area contributed by atoms with Crippen LogP contribution in [-0.2, 0) is 5.75 Å². The second-order valence-corrected chi connectivity index (χ2v) is 6.08. The Hall–Kier alpha value is -1.86. The van der Waals surface area contributed by atoms with Gasteiger partial charge in [-0.2, -0.15) is 4.98 Å². The van der Waals surface area contributed by atoms with Crippen molar-refractivity contribution in [1.29, 1.82) is 0 Å². The summed E-state index contributed by atoms with van der Waals surface area (Å²) >= 11 is 5.08.